The van der Waals surface area contributed by atoms with Gasteiger partial charge in [0.25, 0.3) is 5.91 Å². The van der Waals surface area contributed by atoms with Crippen LogP contribution >= 0.6 is 0 Å². The number of anilines is 1. The molecule has 0 aliphatic carbocycles. The lowest BCUT2D eigenvalue weighted by Gasteiger charge is -2.10. The molecular formula is C11H14N4O2. The molecule has 1 unspecified atom stereocenters. The molecule has 2 rings (SSSR count). The van der Waals surface area contributed by atoms with Gasteiger partial charge < -0.3 is 16.4 Å². The van der Waals surface area contributed by atoms with Gasteiger partial charge in [0, 0.05) is 19.0 Å². The molecule has 0 spiro atoms. The van der Waals surface area contributed by atoms with Gasteiger partial charge in [-0.3, -0.25) is 9.59 Å². The molecule has 6 heteroatoms. The molecule has 1 aromatic heterocycles. The maximum Gasteiger partial charge on any atom is 0.270 e. The summed E-state index contributed by atoms with van der Waals surface area (Å²) < 4.78 is 0. The van der Waals surface area contributed by atoms with Crippen LogP contribution in [0.25, 0.3) is 0 Å². The Balaban J connectivity index is 1.87. The zero-order chi connectivity index (χ0) is 12.3. The van der Waals surface area contributed by atoms with Crippen molar-refractivity contribution in [2.24, 2.45) is 0 Å². The maximum atomic E-state index is 11.7. The molecule has 6 nitrogen and oxygen atoms in total. The van der Waals surface area contributed by atoms with E-state index in [1.54, 1.807) is 18.2 Å². The van der Waals surface area contributed by atoms with Gasteiger partial charge in [0.05, 0.1) is 0 Å². The third-order valence-corrected chi connectivity index (χ3v) is 2.60. The first-order valence-corrected chi connectivity index (χ1v) is 5.45. The molecule has 0 bridgehead atoms. The fraction of sp³-hybridized carbons (Fsp3) is 0.364. The van der Waals surface area contributed by atoms with Gasteiger partial charge >= 0.3 is 0 Å². The second-order valence-corrected chi connectivity index (χ2v) is 3.96. The second-order valence-electron chi connectivity index (χ2n) is 3.96. The number of nitrogens with two attached hydrogens (primary N) is 1. The topological polar surface area (TPSA) is 97.1 Å². The van der Waals surface area contributed by atoms with Gasteiger partial charge in [0.2, 0.25) is 5.91 Å². The third-order valence-electron chi connectivity index (χ3n) is 2.60. The van der Waals surface area contributed by atoms with Crippen LogP contribution in [-0.2, 0) is 4.79 Å². The number of amides is 2. The zero-order valence-electron chi connectivity index (χ0n) is 9.27. The number of carbonyl (C=O) groups is 2. The number of hydrogen-bond acceptors (Lipinski definition) is 4. The van der Waals surface area contributed by atoms with Crippen LogP contribution in [0.15, 0.2) is 18.2 Å². The van der Waals surface area contributed by atoms with Crippen LogP contribution in [0, 0.1) is 0 Å². The van der Waals surface area contributed by atoms with E-state index in [-0.39, 0.29) is 23.6 Å². The Kier molecular flexibility index (Phi) is 3.22. The van der Waals surface area contributed by atoms with Crippen LogP contribution in [0.2, 0.25) is 0 Å². The summed E-state index contributed by atoms with van der Waals surface area (Å²) in [5.74, 6) is 0.0663. The Morgan fingerprint density at radius 3 is 3.06 bits per heavy atom. The van der Waals surface area contributed by atoms with Crippen LogP contribution in [0.4, 0.5) is 5.82 Å². The summed E-state index contributed by atoms with van der Waals surface area (Å²) in [6.45, 7) is 0.418. The molecular weight excluding hydrogens is 220 g/mol. The summed E-state index contributed by atoms with van der Waals surface area (Å²) >= 11 is 0. The number of pyridine rings is 1. The Bertz CT molecular complexity index is 447. The van der Waals surface area contributed by atoms with E-state index >= 15 is 0 Å². The molecule has 1 fully saturated rings. The smallest absolute Gasteiger partial charge is 0.270 e. The molecule has 2 amide bonds. The maximum absolute atomic E-state index is 11.7. The molecule has 0 aromatic carbocycles. The monoisotopic (exact) mass is 234 g/mol. The number of rotatable bonds is 3. The SMILES string of the molecule is Nc1cccc(C(=O)NCC2CCC(=O)N2)n1. The van der Waals surface area contributed by atoms with Crippen molar-refractivity contribution in [1.82, 2.24) is 15.6 Å². The quantitative estimate of drug-likeness (QED) is 0.667. The number of nitrogen functional groups attached to an aromatic ring is 1. The van der Waals surface area contributed by atoms with E-state index in [9.17, 15) is 9.59 Å². The van der Waals surface area contributed by atoms with Crippen LogP contribution in [0.3, 0.4) is 0 Å². The molecule has 0 saturated carbocycles. The minimum absolute atomic E-state index is 0.0208. The first-order valence-electron chi connectivity index (χ1n) is 5.45. The molecule has 1 aromatic rings. The lowest BCUT2D eigenvalue weighted by molar-refractivity contribution is -0.119. The normalized spacial score (nSPS) is 18.8. The van der Waals surface area contributed by atoms with Gasteiger partial charge in [-0.2, -0.15) is 0 Å². The summed E-state index contributed by atoms with van der Waals surface area (Å²) in [7, 11) is 0. The highest BCUT2D eigenvalue weighted by Crippen LogP contribution is 2.05. The lowest BCUT2D eigenvalue weighted by Crippen LogP contribution is -2.38. The van der Waals surface area contributed by atoms with Crippen molar-refractivity contribution < 1.29 is 9.59 Å². The predicted molar refractivity (Wildman–Crippen MR) is 62.1 cm³/mol. The van der Waals surface area contributed by atoms with Crippen molar-refractivity contribution in [1.29, 1.82) is 0 Å². The highest BCUT2D eigenvalue weighted by atomic mass is 16.2. The highest BCUT2D eigenvalue weighted by molar-refractivity contribution is 5.92. The van der Waals surface area contributed by atoms with Crippen molar-refractivity contribution in [2.75, 3.05) is 12.3 Å². The number of carbonyl (C=O) groups excluding carboxylic acids is 2. The van der Waals surface area contributed by atoms with E-state index in [0.29, 0.717) is 18.8 Å². The highest BCUT2D eigenvalue weighted by Gasteiger charge is 2.21. The number of aromatic nitrogens is 1. The lowest BCUT2D eigenvalue weighted by atomic mass is 10.2. The Morgan fingerprint density at radius 2 is 2.41 bits per heavy atom. The molecule has 17 heavy (non-hydrogen) atoms. The molecule has 1 aliphatic rings. The molecule has 90 valence electrons. The minimum atomic E-state index is -0.279. The molecule has 1 aliphatic heterocycles. The average Bonchev–Trinajstić information content (AvgIpc) is 2.72. The van der Waals surface area contributed by atoms with E-state index in [1.807, 2.05) is 0 Å². The van der Waals surface area contributed by atoms with Crippen LogP contribution < -0.4 is 16.4 Å². The van der Waals surface area contributed by atoms with E-state index in [1.165, 1.54) is 0 Å². The van der Waals surface area contributed by atoms with Crippen molar-refractivity contribution in [3.8, 4) is 0 Å². The molecule has 1 saturated heterocycles. The molecule has 1 atom stereocenters. The van der Waals surface area contributed by atoms with Crippen LogP contribution in [0.1, 0.15) is 23.3 Å². The first kappa shape index (κ1) is 11.4. The summed E-state index contributed by atoms with van der Waals surface area (Å²) in [6.07, 6.45) is 1.28. The van der Waals surface area contributed by atoms with Gasteiger partial charge in [0.15, 0.2) is 0 Å². The first-order chi connectivity index (χ1) is 8.15. The Morgan fingerprint density at radius 1 is 1.59 bits per heavy atom. The van der Waals surface area contributed by atoms with Gasteiger partial charge in [-0.05, 0) is 18.6 Å². The van der Waals surface area contributed by atoms with E-state index in [2.05, 4.69) is 15.6 Å². The number of hydrogen-bond donors (Lipinski definition) is 3. The third kappa shape index (κ3) is 2.93. The average molecular weight is 234 g/mol. The van der Waals surface area contributed by atoms with E-state index in [4.69, 9.17) is 5.73 Å². The molecule has 2 heterocycles. The summed E-state index contributed by atoms with van der Waals surface area (Å²) in [4.78, 5) is 26.6. The summed E-state index contributed by atoms with van der Waals surface area (Å²) in [5.41, 5.74) is 5.77. The fourth-order valence-corrected chi connectivity index (χ4v) is 1.71. The Hall–Kier alpha value is -2.11. The second kappa shape index (κ2) is 4.82. The number of nitrogens with one attached hydrogen (secondary N) is 2. The van der Waals surface area contributed by atoms with Gasteiger partial charge in [-0.1, -0.05) is 6.07 Å². The van der Waals surface area contributed by atoms with E-state index < -0.39 is 0 Å². The van der Waals surface area contributed by atoms with Crippen molar-refractivity contribution in [2.45, 2.75) is 18.9 Å². The predicted octanol–water partition coefficient (Wildman–Crippen LogP) is -0.328. The van der Waals surface area contributed by atoms with Crippen molar-refractivity contribution in [3.05, 3.63) is 23.9 Å². The molecule has 0 radical (unpaired) electrons. The largest absolute Gasteiger partial charge is 0.384 e. The van der Waals surface area contributed by atoms with Crippen LogP contribution in [0.5, 0.6) is 0 Å². The number of nitrogens with zero attached hydrogens (tertiary/aromatic N) is 1. The van der Waals surface area contributed by atoms with Gasteiger partial charge in [0.1, 0.15) is 11.5 Å². The minimum Gasteiger partial charge on any atom is -0.384 e. The fourth-order valence-electron chi connectivity index (χ4n) is 1.71. The summed E-state index contributed by atoms with van der Waals surface area (Å²) in [6, 6.07) is 4.91. The van der Waals surface area contributed by atoms with Crippen molar-refractivity contribution >= 4 is 17.6 Å². The van der Waals surface area contributed by atoms with Crippen molar-refractivity contribution in [3.63, 3.8) is 0 Å². The van der Waals surface area contributed by atoms with Crippen LogP contribution in [-0.4, -0.2) is 29.4 Å². The zero-order valence-corrected chi connectivity index (χ0v) is 9.27. The van der Waals surface area contributed by atoms with Gasteiger partial charge in [-0.15, -0.1) is 0 Å². The van der Waals surface area contributed by atoms with E-state index in [0.717, 1.165) is 6.42 Å². The summed E-state index contributed by atoms with van der Waals surface area (Å²) in [5, 5.41) is 5.49. The van der Waals surface area contributed by atoms with Gasteiger partial charge in [-0.25, -0.2) is 4.98 Å². The molecule has 4 N–H and O–H groups in total. The standard InChI is InChI=1S/C11H14N4O2/c12-9-3-1-2-8(15-9)11(17)13-6-7-4-5-10(16)14-7/h1-3,7H,4-6H2,(H2,12,15)(H,13,17)(H,14,16). The Labute approximate surface area is 98.6 Å².